The zero-order chi connectivity index (χ0) is 17.4. The molecule has 0 bridgehead atoms. The maximum absolute atomic E-state index is 13.7. The first-order valence-electron chi connectivity index (χ1n) is 9.71. The van der Waals surface area contributed by atoms with E-state index in [-0.39, 0.29) is 5.82 Å². The Kier molecular flexibility index (Phi) is 7.99. The average molecular weight is 436 g/mol. The third-order valence-corrected chi connectivity index (χ3v) is 20.4. The number of hydrogen-bond donors (Lipinski definition) is 0. The first-order chi connectivity index (χ1) is 11.6. The summed E-state index contributed by atoms with van der Waals surface area (Å²) in [5, 5.41) is 2.09. The summed E-state index contributed by atoms with van der Waals surface area (Å²) in [4.78, 5) is 4.94. The normalized spacial score (nSPS) is 12.0. The van der Waals surface area contributed by atoms with Crippen molar-refractivity contribution in [2.75, 3.05) is 0 Å². The molecular formula is C21H32FNSn. The fourth-order valence-electron chi connectivity index (χ4n) is 3.71. The summed E-state index contributed by atoms with van der Waals surface area (Å²) < 4.78 is 19.3. The second kappa shape index (κ2) is 9.74. The molecule has 0 radical (unpaired) electrons. The Morgan fingerprint density at radius 2 is 1.42 bits per heavy atom. The van der Waals surface area contributed by atoms with Crippen LogP contribution in [-0.4, -0.2) is 23.4 Å². The number of hydrogen-bond acceptors (Lipinski definition) is 1. The minimum absolute atomic E-state index is 0.142. The third kappa shape index (κ3) is 4.93. The van der Waals surface area contributed by atoms with Gasteiger partial charge in [0.15, 0.2) is 0 Å². The summed E-state index contributed by atoms with van der Waals surface area (Å²) in [7, 11) is 0. The number of fused-ring (bicyclic) bond motifs is 1. The van der Waals surface area contributed by atoms with Gasteiger partial charge in [-0.2, -0.15) is 0 Å². The van der Waals surface area contributed by atoms with Crippen molar-refractivity contribution in [2.45, 2.75) is 72.6 Å². The molecule has 0 fully saturated rings. The van der Waals surface area contributed by atoms with Crippen LogP contribution in [0.25, 0.3) is 10.8 Å². The van der Waals surface area contributed by atoms with E-state index in [4.69, 9.17) is 4.98 Å². The number of pyridine rings is 1. The minimum atomic E-state index is -2.50. The Labute approximate surface area is 150 Å². The molecule has 0 unspecified atom stereocenters. The van der Waals surface area contributed by atoms with E-state index < -0.39 is 18.4 Å². The zero-order valence-electron chi connectivity index (χ0n) is 15.6. The van der Waals surface area contributed by atoms with Gasteiger partial charge in [0.2, 0.25) is 0 Å². The topological polar surface area (TPSA) is 12.9 Å². The average Bonchev–Trinajstić information content (AvgIpc) is 2.61. The van der Waals surface area contributed by atoms with Crippen molar-refractivity contribution < 1.29 is 4.39 Å². The molecule has 0 aliphatic carbocycles. The molecule has 2 aromatic rings. The summed E-state index contributed by atoms with van der Waals surface area (Å²) in [6, 6.07) is 7.31. The van der Waals surface area contributed by atoms with Crippen molar-refractivity contribution in [2.24, 2.45) is 0 Å². The Morgan fingerprint density at radius 1 is 0.833 bits per heavy atom. The Balaban J connectivity index is 2.45. The number of benzene rings is 1. The van der Waals surface area contributed by atoms with Crippen molar-refractivity contribution in [1.82, 2.24) is 4.98 Å². The van der Waals surface area contributed by atoms with E-state index in [1.54, 1.807) is 6.07 Å². The monoisotopic (exact) mass is 437 g/mol. The van der Waals surface area contributed by atoms with E-state index in [1.807, 2.05) is 12.3 Å². The van der Waals surface area contributed by atoms with Gasteiger partial charge >= 0.3 is 151 Å². The summed E-state index contributed by atoms with van der Waals surface area (Å²) in [5.41, 5.74) is 0. The van der Waals surface area contributed by atoms with E-state index in [2.05, 4.69) is 26.8 Å². The van der Waals surface area contributed by atoms with Gasteiger partial charge in [0.1, 0.15) is 0 Å². The van der Waals surface area contributed by atoms with Crippen LogP contribution in [0.3, 0.4) is 0 Å². The molecule has 0 aliphatic rings. The van der Waals surface area contributed by atoms with Gasteiger partial charge in [-0.1, -0.05) is 0 Å². The van der Waals surface area contributed by atoms with Crippen LogP contribution in [0.4, 0.5) is 4.39 Å². The molecule has 0 spiro atoms. The van der Waals surface area contributed by atoms with Gasteiger partial charge in [-0.3, -0.25) is 0 Å². The van der Waals surface area contributed by atoms with Crippen LogP contribution in [0, 0.1) is 5.82 Å². The quantitative estimate of drug-likeness (QED) is 0.391. The predicted octanol–water partition coefficient (Wildman–Crippen LogP) is 6.43. The maximum atomic E-state index is 13.7. The van der Waals surface area contributed by atoms with Crippen LogP contribution in [0.2, 0.25) is 13.3 Å². The fourth-order valence-corrected chi connectivity index (χ4v) is 19.1. The molecule has 1 heterocycles. The molecule has 1 aromatic heterocycles. The van der Waals surface area contributed by atoms with Crippen molar-refractivity contribution >= 4 is 32.9 Å². The van der Waals surface area contributed by atoms with Crippen molar-refractivity contribution in [1.29, 1.82) is 0 Å². The van der Waals surface area contributed by atoms with E-state index in [1.165, 1.54) is 61.6 Å². The number of nitrogens with zero attached hydrogens (tertiary/aromatic N) is 1. The first-order valence-corrected chi connectivity index (χ1v) is 17.2. The molecule has 0 atom stereocenters. The molecule has 0 N–H and O–H groups in total. The molecule has 0 saturated heterocycles. The number of aromatic nitrogens is 1. The van der Waals surface area contributed by atoms with Crippen molar-refractivity contribution in [3.05, 3.63) is 36.3 Å². The van der Waals surface area contributed by atoms with Gasteiger partial charge in [-0.25, -0.2) is 0 Å². The molecule has 132 valence electrons. The molecule has 1 aromatic carbocycles. The molecule has 0 aliphatic heterocycles. The van der Waals surface area contributed by atoms with E-state index in [0.717, 1.165) is 10.8 Å². The second-order valence-corrected chi connectivity index (χ2v) is 20.2. The molecule has 0 amide bonds. The number of halogens is 1. The van der Waals surface area contributed by atoms with Crippen LogP contribution >= 0.6 is 0 Å². The molecule has 0 saturated carbocycles. The van der Waals surface area contributed by atoms with Crippen LogP contribution in [0.1, 0.15) is 59.3 Å². The third-order valence-electron chi connectivity index (χ3n) is 5.25. The summed E-state index contributed by atoms with van der Waals surface area (Å²) in [6.07, 6.45) is 9.75. The predicted molar refractivity (Wildman–Crippen MR) is 106 cm³/mol. The summed E-state index contributed by atoms with van der Waals surface area (Å²) in [5.74, 6) is -0.142. The molecule has 3 heteroatoms. The van der Waals surface area contributed by atoms with Crippen LogP contribution in [0.5, 0.6) is 0 Å². The molecule has 1 nitrogen and oxygen atoms in total. The van der Waals surface area contributed by atoms with Gasteiger partial charge < -0.3 is 0 Å². The van der Waals surface area contributed by atoms with Gasteiger partial charge in [-0.05, 0) is 0 Å². The molecule has 2 rings (SSSR count). The van der Waals surface area contributed by atoms with Crippen molar-refractivity contribution in [3.63, 3.8) is 0 Å². The molecule has 24 heavy (non-hydrogen) atoms. The van der Waals surface area contributed by atoms with Crippen LogP contribution in [0.15, 0.2) is 30.5 Å². The van der Waals surface area contributed by atoms with Gasteiger partial charge in [0.05, 0.1) is 0 Å². The second-order valence-electron chi connectivity index (χ2n) is 7.15. The fraction of sp³-hybridized carbons (Fsp3) is 0.571. The first kappa shape index (κ1) is 19.7. The zero-order valence-corrected chi connectivity index (χ0v) is 18.4. The number of rotatable bonds is 10. The summed E-state index contributed by atoms with van der Waals surface area (Å²) >= 11 is -2.50. The summed E-state index contributed by atoms with van der Waals surface area (Å²) in [6.45, 7) is 6.87. The standard InChI is InChI=1S/C9H5FN.3C4H9.Sn/c10-9-2-1-8-6-11-4-3-7(8)5-9;3*1-3-4-2;/h1-3,5-6H;3*1,3-4H2,2H3;. The molecular weight excluding hydrogens is 404 g/mol. The SMILES string of the molecule is CCC[CH2][Sn]([CH2]CCC)([CH2]CCC)[c]1cc2cc(F)ccc2cn1. The Morgan fingerprint density at radius 3 is 1.96 bits per heavy atom. The van der Waals surface area contributed by atoms with Gasteiger partial charge in [0, 0.05) is 0 Å². The van der Waals surface area contributed by atoms with Crippen LogP contribution < -0.4 is 3.71 Å². The van der Waals surface area contributed by atoms with Crippen molar-refractivity contribution in [3.8, 4) is 0 Å². The van der Waals surface area contributed by atoms with E-state index in [0.29, 0.717) is 0 Å². The van der Waals surface area contributed by atoms with E-state index >= 15 is 0 Å². The van der Waals surface area contributed by atoms with Crippen LogP contribution in [-0.2, 0) is 0 Å². The van der Waals surface area contributed by atoms with E-state index in [9.17, 15) is 4.39 Å². The Hall–Kier alpha value is -0.641. The number of unbranched alkanes of at least 4 members (excludes halogenated alkanes) is 3. The Bertz CT molecular complexity index is 619. The van der Waals surface area contributed by atoms with Gasteiger partial charge in [-0.15, -0.1) is 0 Å². The van der Waals surface area contributed by atoms with Gasteiger partial charge in [0.25, 0.3) is 0 Å².